The minimum Gasteiger partial charge on any atom is -0.292 e. The molecule has 0 aliphatic carbocycles. The Morgan fingerprint density at radius 1 is 0.407 bits per heavy atom. The lowest BCUT2D eigenvalue weighted by molar-refractivity contribution is 1.10. The molecule has 0 saturated carbocycles. The summed E-state index contributed by atoms with van der Waals surface area (Å²) in [5.74, 6) is 0.868. The van der Waals surface area contributed by atoms with Crippen molar-refractivity contribution in [2.75, 3.05) is 0 Å². The third kappa shape index (κ3) is 5.43. The van der Waals surface area contributed by atoms with Crippen LogP contribution in [-0.2, 0) is 0 Å². The standard InChI is InChI=1S/C51H27B5N2S/c52-46-42(47(53)49(55)50(56)48(46)54)29-25-26-32-36(27-29)44(35-19-12-24-41-45(35)34-18-7-11-23-40(34)59-41)31-16-5-4-15-30(31)43(32)33-17-6-9-21-38(33)58-39-22-10-8-20-37(39)57-51(58)28-13-2-1-3-14-28/h1-27H. The lowest BCUT2D eigenvalue weighted by Gasteiger charge is -2.24. The molecule has 262 valence electrons. The zero-order valence-corrected chi connectivity index (χ0v) is 32.6. The van der Waals surface area contributed by atoms with Gasteiger partial charge in [-0.1, -0.05) is 138 Å². The molecule has 2 aromatic heterocycles. The van der Waals surface area contributed by atoms with Crippen LogP contribution in [0, 0.1) is 0 Å². The molecule has 2 nitrogen and oxygen atoms in total. The number of benzene rings is 9. The van der Waals surface area contributed by atoms with Gasteiger partial charge < -0.3 is 0 Å². The van der Waals surface area contributed by atoms with Crippen LogP contribution in [0.1, 0.15) is 0 Å². The van der Waals surface area contributed by atoms with Crippen molar-refractivity contribution in [1.29, 1.82) is 0 Å². The van der Waals surface area contributed by atoms with E-state index in [1.54, 1.807) is 0 Å². The molecule has 9 aromatic carbocycles. The van der Waals surface area contributed by atoms with Crippen LogP contribution in [0.25, 0.3) is 103 Å². The maximum atomic E-state index is 6.75. The van der Waals surface area contributed by atoms with Gasteiger partial charge in [-0.05, 0) is 85.8 Å². The molecule has 11 aromatic rings. The fraction of sp³-hybridized carbons (Fsp3) is 0. The lowest BCUT2D eigenvalue weighted by atomic mass is 9.59. The highest BCUT2D eigenvalue weighted by atomic mass is 32.1. The summed E-state index contributed by atoms with van der Waals surface area (Å²) in [5.41, 5.74) is 11.0. The first-order valence-electron chi connectivity index (χ1n) is 19.4. The van der Waals surface area contributed by atoms with Gasteiger partial charge in [0.05, 0.1) is 16.7 Å². The first-order valence-corrected chi connectivity index (χ1v) is 20.2. The SMILES string of the molecule is [B]c1c([B])c([B])c(-c2ccc3c(-c4ccccc4-n4c(-c5ccccc5)nc5ccccc54)c4ccccc4c(-c4cccc5sc6ccccc6c45)c3c2)c([B])c1[B]. The molecule has 59 heavy (non-hydrogen) atoms. The van der Waals surface area contributed by atoms with Crippen molar-refractivity contribution < 1.29 is 0 Å². The normalized spacial score (nSPS) is 11.7. The van der Waals surface area contributed by atoms with Gasteiger partial charge >= 0.3 is 0 Å². The summed E-state index contributed by atoms with van der Waals surface area (Å²) < 4.78 is 4.76. The number of fused-ring (bicyclic) bond motifs is 6. The highest BCUT2D eigenvalue weighted by molar-refractivity contribution is 7.26. The Bertz CT molecular complexity index is 3490. The quantitative estimate of drug-likeness (QED) is 0.128. The monoisotopic (exact) mass is 754 g/mol. The molecule has 8 heteroatoms. The Hall–Kier alpha value is -6.49. The Kier molecular flexibility index (Phi) is 8.36. The van der Waals surface area contributed by atoms with Crippen molar-refractivity contribution in [3.63, 3.8) is 0 Å². The van der Waals surface area contributed by atoms with Crippen LogP contribution in [-0.4, -0.2) is 48.8 Å². The molecule has 2 heterocycles. The van der Waals surface area contributed by atoms with Crippen LogP contribution < -0.4 is 27.3 Å². The van der Waals surface area contributed by atoms with E-state index in [9.17, 15) is 0 Å². The molecular formula is C51H27B5N2S. The molecule has 0 atom stereocenters. The van der Waals surface area contributed by atoms with Gasteiger partial charge in [0.1, 0.15) is 45.1 Å². The van der Waals surface area contributed by atoms with Crippen LogP contribution in [0.15, 0.2) is 164 Å². The van der Waals surface area contributed by atoms with Gasteiger partial charge in [-0.25, -0.2) is 4.98 Å². The summed E-state index contributed by atoms with van der Waals surface area (Å²) in [4.78, 5) is 5.21. The highest BCUT2D eigenvalue weighted by Crippen LogP contribution is 2.49. The minimum atomic E-state index is 0.188. The van der Waals surface area contributed by atoms with E-state index in [0.29, 0.717) is 16.5 Å². The fourth-order valence-corrected chi connectivity index (χ4v) is 10.1. The molecule has 0 spiro atoms. The summed E-state index contributed by atoms with van der Waals surface area (Å²) in [7, 11) is 32.7. The van der Waals surface area contributed by atoms with E-state index in [1.807, 2.05) is 23.5 Å². The van der Waals surface area contributed by atoms with Gasteiger partial charge in [0.2, 0.25) is 0 Å². The van der Waals surface area contributed by atoms with E-state index in [-0.39, 0.29) is 16.4 Å². The summed E-state index contributed by atoms with van der Waals surface area (Å²) in [6.07, 6.45) is 0. The number of aromatic nitrogens is 2. The second kappa shape index (κ2) is 13.8. The Morgan fingerprint density at radius 2 is 0.983 bits per heavy atom. The predicted molar refractivity (Wildman–Crippen MR) is 258 cm³/mol. The average molecular weight is 754 g/mol. The van der Waals surface area contributed by atoms with Gasteiger partial charge in [0.25, 0.3) is 0 Å². The Balaban J connectivity index is 1.30. The second-order valence-electron chi connectivity index (χ2n) is 14.9. The topological polar surface area (TPSA) is 17.8 Å². The predicted octanol–water partition coefficient (Wildman–Crippen LogP) is 8.34. The van der Waals surface area contributed by atoms with Crippen LogP contribution in [0.5, 0.6) is 0 Å². The van der Waals surface area contributed by atoms with E-state index in [0.717, 1.165) is 77.5 Å². The number of hydrogen-bond donors (Lipinski definition) is 0. The van der Waals surface area contributed by atoms with Crippen molar-refractivity contribution in [1.82, 2.24) is 9.55 Å². The number of hydrogen-bond acceptors (Lipinski definition) is 2. The van der Waals surface area contributed by atoms with Crippen molar-refractivity contribution in [3.05, 3.63) is 164 Å². The van der Waals surface area contributed by atoms with Gasteiger partial charge in [0.15, 0.2) is 0 Å². The lowest BCUT2D eigenvalue weighted by Crippen LogP contribution is -2.55. The first-order chi connectivity index (χ1) is 28.9. The number of para-hydroxylation sites is 3. The van der Waals surface area contributed by atoms with Crippen molar-refractivity contribution in [2.24, 2.45) is 0 Å². The molecule has 0 aliphatic rings. The summed E-state index contributed by atoms with van der Waals surface area (Å²) in [5, 5.41) is 6.76. The Labute approximate surface area is 352 Å². The van der Waals surface area contributed by atoms with Crippen molar-refractivity contribution in [2.45, 2.75) is 0 Å². The zero-order valence-electron chi connectivity index (χ0n) is 31.8. The van der Waals surface area contributed by atoms with Gasteiger partial charge in [0, 0.05) is 31.3 Å². The molecule has 10 radical (unpaired) electrons. The van der Waals surface area contributed by atoms with Crippen molar-refractivity contribution >= 4 is 131 Å². The summed E-state index contributed by atoms with van der Waals surface area (Å²) in [6.45, 7) is 0. The van der Waals surface area contributed by atoms with Crippen LogP contribution >= 0.6 is 11.3 Å². The molecular weight excluding hydrogens is 727 g/mol. The molecule has 0 bridgehead atoms. The van der Waals surface area contributed by atoms with Crippen LogP contribution in [0.2, 0.25) is 0 Å². The van der Waals surface area contributed by atoms with E-state index in [1.165, 1.54) is 20.2 Å². The van der Waals surface area contributed by atoms with Crippen LogP contribution in [0.3, 0.4) is 0 Å². The molecule has 0 N–H and O–H groups in total. The number of rotatable bonds is 5. The molecule has 0 amide bonds. The largest absolute Gasteiger partial charge is 0.292 e. The third-order valence-corrected chi connectivity index (χ3v) is 12.8. The summed E-state index contributed by atoms with van der Waals surface area (Å²) in [6, 6.07) is 57.8. The Morgan fingerprint density at radius 3 is 1.76 bits per heavy atom. The molecule has 0 saturated heterocycles. The van der Waals surface area contributed by atoms with E-state index in [2.05, 4.69) is 156 Å². The van der Waals surface area contributed by atoms with Gasteiger partial charge in [-0.3, -0.25) is 4.57 Å². The summed E-state index contributed by atoms with van der Waals surface area (Å²) >= 11 is 1.81. The van der Waals surface area contributed by atoms with Gasteiger partial charge in [-0.2, -0.15) is 0 Å². The smallest absolute Gasteiger partial charge is 0.145 e. The number of nitrogens with zero attached hydrogens (tertiary/aromatic N) is 2. The molecule has 0 fully saturated rings. The maximum Gasteiger partial charge on any atom is 0.145 e. The fourth-order valence-electron chi connectivity index (χ4n) is 8.99. The van der Waals surface area contributed by atoms with E-state index in [4.69, 9.17) is 44.2 Å². The first kappa shape index (κ1) is 35.7. The number of imidazole rings is 1. The average Bonchev–Trinajstić information content (AvgIpc) is 3.86. The molecule has 11 rings (SSSR count). The van der Waals surface area contributed by atoms with E-state index >= 15 is 0 Å². The second-order valence-corrected chi connectivity index (χ2v) is 16.0. The highest BCUT2D eigenvalue weighted by Gasteiger charge is 2.24. The zero-order chi connectivity index (χ0) is 39.9. The third-order valence-electron chi connectivity index (χ3n) is 11.7. The van der Waals surface area contributed by atoms with E-state index < -0.39 is 0 Å². The number of thiophene rings is 1. The maximum absolute atomic E-state index is 6.75. The van der Waals surface area contributed by atoms with Crippen molar-refractivity contribution in [3.8, 4) is 50.5 Å². The minimum absolute atomic E-state index is 0.188. The molecule has 0 aliphatic heterocycles. The molecule has 0 unspecified atom stereocenters. The van der Waals surface area contributed by atoms with Gasteiger partial charge in [-0.15, -0.1) is 27.7 Å². The van der Waals surface area contributed by atoms with Crippen LogP contribution in [0.4, 0.5) is 0 Å².